The molecule has 0 unspecified atom stereocenters. The number of hydrogen-bond donors (Lipinski definition) is 1. The predicted molar refractivity (Wildman–Crippen MR) is 68.9 cm³/mol. The topological polar surface area (TPSA) is 49.4 Å². The van der Waals surface area contributed by atoms with Gasteiger partial charge in [0.15, 0.2) is 5.78 Å². The standard InChI is InChI=1S/C14H16N2O2/c1-9-12(10(2)17)13(15-14(18)16(9)3)11-7-5-4-6-8-11/h4-8,13H,1-3H3,(H,15,18)/t13-/m0/s1. The Morgan fingerprint density at radius 3 is 2.44 bits per heavy atom. The molecule has 4 heteroatoms. The number of Topliss-reactive ketones (excluding diaryl/α,β-unsaturated/α-hetero) is 1. The molecule has 1 aromatic carbocycles. The van der Waals surface area contributed by atoms with Gasteiger partial charge < -0.3 is 10.2 Å². The molecule has 0 saturated heterocycles. The first-order valence-corrected chi connectivity index (χ1v) is 5.83. The first-order valence-electron chi connectivity index (χ1n) is 5.83. The summed E-state index contributed by atoms with van der Waals surface area (Å²) in [4.78, 5) is 25.1. The van der Waals surface area contributed by atoms with Crippen LogP contribution in [0.3, 0.4) is 0 Å². The van der Waals surface area contributed by atoms with Gasteiger partial charge in [-0.05, 0) is 19.4 Å². The SMILES string of the molecule is CC(=O)C1=C(C)N(C)C(=O)N[C@H]1c1ccccc1. The van der Waals surface area contributed by atoms with Crippen molar-refractivity contribution in [2.24, 2.45) is 0 Å². The summed E-state index contributed by atoms with van der Waals surface area (Å²) >= 11 is 0. The summed E-state index contributed by atoms with van der Waals surface area (Å²) < 4.78 is 0. The average molecular weight is 244 g/mol. The molecule has 18 heavy (non-hydrogen) atoms. The van der Waals surface area contributed by atoms with E-state index in [2.05, 4.69) is 5.32 Å². The average Bonchev–Trinajstić information content (AvgIpc) is 2.36. The van der Waals surface area contributed by atoms with Crippen molar-refractivity contribution in [3.05, 3.63) is 47.2 Å². The van der Waals surface area contributed by atoms with Gasteiger partial charge in [-0.3, -0.25) is 4.79 Å². The number of allylic oxidation sites excluding steroid dienone is 1. The van der Waals surface area contributed by atoms with Gasteiger partial charge in [-0.15, -0.1) is 0 Å². The quantitative estimate of drug-likeness (QED) is 0.867. The second-order valence-corrected chi connectivity index (χ2v) is 4.41. The van der Waals surface area contributed by atoms with Gasteiger partial charge in [-0.2, -0.15) is 0 Å². The van der Waals surface area contributed by atoms with Gasteiger partial charge >= 0.3 is 6.03 Å². The molecule has 1 aliphatic rings. The number of carbonyl (C=O) groups is 2. The van der Waals surface area contributed by atoms with Crippen molar-refractivity contribution in [1.29, 1.82) is 0 Å². The van der Waals surface area contributed by atoms with Gasteiger partial charge in [0.2, 0.25) is 0 Å². The zero-order valence-electron chi connectivity index (χ0n) is 10.7. The second kappa shape index (κ2) is 4.64. The summed E-state index contributed by atoms with van der Waals surface area (Å²) in [6.45, 7) is 3.32. The molecule has 2 amide bonds. The normalized spacial score (nSPS) is 19.8. The fraction of sp³-hybridized carbons (Fsp3) is 0.286. The van der Waals surface area contributed by atoms with Crippen molar-refractivity contribution in [3.8, 4) is 0 Å². The number of rotatable bonds is 2. The van der Waals surface area contributed by atoms with E-state index in [1.807, 2.05) is 30.3 Å². The number of urea groups is 1. The Hall–Kier alpha value is -2.10. The third-order valence-corrected chi connectivity index (χ3v) is 3.27. The number of nitrogens with zero attached hydrogens (tertiary/aromatic N) is 1. The van der Waals surface area contributed by atoms with Crippen molar-refractivity contribution in [3.63, 3.8) is 0 Å². The van der Waals surface area contributed by atoms with E-state index in [4.69, 9.17) is 0 Å². The van der Waals surface area contributed by atoms with Crippen LogP contribution in [0, 0.1) is 0 Å². The zero-order chi connectivity index (χ0) is 13.3. The van der Waals surface area contributed by atoms with Crippen LogP contribution in [0.25, 0.3) is 0 Å². The molecule has 1 aromatic rings. The monoisotopic (exact) mass is 244 g/mol. The summed E-state index contributed by atoms with van der Waals surface area (Å²) in [5, 5.41) is 2.85. The largest absolute Gasteiger partial charge is 0.327 e. The fourth-order valence-electron chi connectivity index (χ4n) is 2.19. The van der Waals surface area contributed by atoms with Gasteiger partial charge in [0.25, 0.3) is 0 Å². The number of benzene rings is 1. The zero-order valence-corrected chi connectivity index (χ0v) is 10.7. The molecule has 0 aliphatic carbocycles. The minimum absolute atomic E-state index is 0.0202. The van der Waals surface area contributed by atoms with Crippen LogP contribution in [0.15, 0.2) is 41.6 Å². The molecule has 0 bridgehead atoms. The van der Waals surface area contributed by atoms with Crippen LogP contribution in [-0.4, -0.2) is 23.8 Å². The highest BCUT2D eigenvalue weighted by Gasteiger charge is 2.31. The highest BCUT2D eigenvalue weighted by atomic mass is 16.2. The number of hydrogen-bond acceptors (Lipinski definition) is 2. The molecule has 0 aromatic heterocycles. The van der Waals surface area contributed by atoms with Gasteiger partial charge in [0, 0.05) is 18.3 Å². The molecule has 1 N–H and O–H groups in total. The number of carbonyl (C=O) groups excluding carboxylic acids is 2. The van der Waals surface area contributed by atoms with E-state index < -0.39 is 0 Å². The third kappa shape index (κ3) is 2.01. The molecule has 94 valence electrons. The highest BCUT2D eigenvalue weighted by molar-refractivity contribution is 5.98. The molecule has 1 aliphatic heterocycles. The predicted octanol–water partition coefficient (Wildman–Crippen LogP) is 2.25. The fourth-order valence-corrected chi connectivity index (χ4v) is 2.19. The van der Waals surface area contributed by atoms with Crippen LogP contribution in [0.2, 0.25) is 0 Å². The number of ketones is 1. The maximum Gasteiger partial charge on any atom is 0.322 e. The number of amides is 2. The molecule has 4 nitrogen and oxygen atoms in total. The minimum Gasteiger partial charge on any atom is -0.327 e. The minimum atomic E-state index is -0.354. The first kappa shape index (κ1) is 12.4. The van der Waals surface area contributed by atoms with E-state index in [1.54, 1.807) is 14.0 Å². The number of nitrogens with one attached hydrogen (secondary N) is 1. The molecular weight excluding hydrogens is 228 g/mol. The lowest BCUT2D eigenvalue weighted by molar-refractivity contribution is -0.114. The van der Waals surface area contributed by atoms with E-state index in [-0.39, 0.29) is 17.9 Å². The Bertz CT molecular complexity index is 520. The van der Waals surface area contributed by atoms with E-state index >= 15 is 0 Å². The maximum atomic E-state index is 11.8. The smallest absolute Gasteiger partial charge is 0.322 e. The summed E-state index contributed by atoms with van der Waals surface area (Å²) in [7, 11) is 1.66. The van der Waals surface area contributed by atoms with E-state index in [0.29, 0.717) is 11.3 Å². The van der Waals surface area contributed by atoms with E-state index in [9.17, 15) is 9.59 Å². The van der Waals surface area contributed by atoms with Crippen molar-refractivity contribution >= 4 is 11.8 Å². The van der Waals surface area contributed by atoms with E-state index in [0.717, 1.165) is 5.56 Å². The van der Waals surface area contributed by atoms with Crippen LogP contribution in [0.4, 0.5) is 4.79 Å². The summed E-state index contributed by atoms with van der Waals surface area (Å²) in [5.74, 6) is -0.0202. The lowest BCUT2D eigenvalue weighted by Crippen LogP contribution is -2.45. The molecule has 1 atom stereocenters. The Kier molecular flexibility index (Phi) is 3.19. The summed E-state index contributed by atoms with van der Waals surface area (Å²) in [5.41, 5.74) is 2.27. The van der Waals surface area contributed by atoms with Crippen molar-refractivity contribution < 1.29 is 9.59 Å². The molecule has 2 rings (SSSR count). The lowest BCUT2D eigenvalue weighted by atomic mass is 9.93. The highest BCUT2D eigenvalue weighted by Crippen LogP contribution is 2.29. The molecule has 1 heterocycles. The van der Waals surface area contributed by atoms with Crippen LogP contribution in [0.1, 0.15) is 25.5 Å². The van der Waals surface area contributed by atoms with Crippen LogP contribution >= 0.6 is 0 Å². The van der Waals surface area contributed by atoms with Crippen molar-refractivity contribution in [2.75, 3.05) is 7.05 Å². The van der Waals surface area contributed by atoms with Gasteiger partial charge in [-0.25, -0.2) is 4.79 Å². The van der Waals surface area contributed by atoms with Crippen LogP contribution in [-0.2, 0) is 4.79 Å². The van der Waals surface area contributed by atoms with Crippen molar-refractivity contribution in [1.82, 2.24) is 10.2 Å². The molecule has 0 fully saturated rings. The molecule has 0 radical (unpaired) electrons. The van der Waals surface area contributed by atoms with Gasteiger partial charge in [0.1, 0.15) is 0 Å². The Morgan fingerprint density at radius 2 is 1.89 bits per heavy atom. The molecule has 0 saturated carbocycles. The van der Waals surface area contributed by atoms with Gasteiger partial charge in [-0.1, -0.05) is 30.3 Å². The Morgan fingerprint density at radius 1 is 1.28 bits per heavy atom. The van der Waals surface area contributed by atoms with Gasteiger partial charge in [0.05, 0.1) is 6.04 Å². The third-order valence-electron chi connectivity index (χ3n) is 3.27. The second-order valence-electron chi connectivity index (χ2n) is 4.41. The maximum absolute atomic E-state index is 11.8. The molecular formula is C14H16N2O2. The van der Waals surface area contributed by atoms with Crippen molar-refractivity contribution in [2.45, 2.75) is 19.9 Å². The Balaban J connectivity index is 2.53. The first-order chi connectivity index (χ1) is 8.52. The van der Waals surface area contributed by atoms with E-state index in [1.165, 1.54) is 11.8 Å². The lowest BCUT2D eigenvalue weighted by Gasteiger charge is -2.33. The summed E-state index contributed by atoms with van der Waals surface area (Å²) in [6.07, 6.45) is 0. The van der Waals surface area contributed by atoms with Crippen LogP contribution < -0.4 is 5.32 Å². The Labute approximate surface area is 106 Å². The van der Waals surface area contributed by atoms with Crippen LogP contribution in [0.5, 0.6) is 0 Å². The summed E-state index contributed by atoms with van der Waals surface area (Å²) in [6, 6.07) is 8.97. The molecule has 0 spiro atoms.